The van der Waals surface area contributed by atoms with Crippen molar-refractivity contribution in [3.8, 4) is 5.75 Å². The summed E-state index contributed by atoms with van der Waals surface area (Å²) in [6.45, 7) is 3.13. The maximum absolute atomic E-state index is 12.5. The molecule has 2 aromatic rings. The van der Waals surface area contributed by atoms with Crippen molar-refractivity contribution in [2.45, 2.75) is 58.1 Å². The zero-order chi connectivity index (χ0) is 21.0. The number of fused-ring (bicyclic) bond motifs is 1. The topological polar surface area (TPSA) is 107 Å². The summed E-state index contributed by atoms with van der Waals surface area (Å²) in [4.78, 5) is 36.7. The third kappa shape index (κ3) is 4.88. The Bertz CT molecular complexity index is 913. The Morgan fingerprint density at radius 3 is 2.59 bits per heavy atom. The molecule has 3 rings (SSSR count). The van der Waals surface area contributed by atoms with E-state index in [4.69, 9.17) is 13.9 Å². The van der Waals surface area contributed by atoms with Gasteiger partial charge in [-0.25, -0.2) is 9.59 Å². The van der Waals surface area contributed by atoms with Gasteiger partial charge in [-0.3, -0.25) is 10.1 Å². The molecule has 0 saturated heterocycles. The van der Waals surface area contributed by atoms with Crippen LogP contribution in [-0.2, 0) is 9.53 Å². The average molecular weight is 402 g/mol. The lowest BCUT2D eigenvalue weighted by atomic mass is 9.96. The van der Waals surface area contributed by atoms with Gasteiger partial charge in [0.25, 0.3) is 5.91 Å². The Hall–Kier alpha value is -3.03. The van der Waals surface area contributed by atoms with E-state index in [9.17, 15) is 14.4 Å². The summed E-state index contributed by atoms with van der Waals surface area (Å²) >= 11 is 0. The van der Waals surface area contributed by atoms with Crippen molar-refractivity contribution in [1.82, 2.24) is 10.6 Å². The largest absolute Gasteiger partial charge is 0.497 e. The Morgan fingerprint density at radius 1 is 1.17 bits per heavy atom. The van der Waals surface area contributed by atoms with E-state index in [0.29, 0.717) is 16.9 Å². The van der Waals surface area contributed by atoms with Gasteiger partial charge in [-0.2, -0.15) is 0 Å². The number of benzene rings is 1. The molecule has 1 fully saturated rings. The SMILES string of the molecule is COc1ccc2oc(C(=O)O[C@@H](C)C(=O)NC(=O)NC3CCCCC3)c(C)c2c1. The number of hydrogen-bond donors (Lipinski definition) is 2. The fraction of sp³-hybridized carbons (Fsp3) is 0.476. The van der Waals surface area contributed by atoms with Crippen molar-refractivity contribution in [2.24, 2.45) is 0 Å². The van der Waals surface area contributed by atoms with Crippen molar-refractivity contribution in [2.75, 3.05) is 7.11 Å². The van der Waals surface area contributed by atoms with Gasteiger partial charge in [-0.15, -0.1) is 0 Å². The minimum Gasteiger partial charge on any atom is -0.497 e. The van der Waals surface area contributed by atoms with Gasteiger partial charge in [0.05, 0.1) is 7.11 Å². The number of aryl methyl sites for hydroxylation is 1. The summed E-state index contributed by atoms with van der Waals surface area (Å²) in [6.07, 6.45) is 3.96. The first kappa shape index (κ1) is 20.7. The molecular weight excluding hydrogens is 376 g/mol. The highest BCUT2D eigenvalue weighted by atomic mass is 16.6. The van der Waals surface area contributed by atoms with Gasteiger partial charge in [0, 0.05) is 17.0 Å². The fourth-order valence-electron chi connectivity index (χ4n) is 3.47. The minimum absolute atomic E-state index is 0.0135. The second-order valence-corrected chi connectivity index (χ2v) is 7.26. The molecule has 3 amide bonds. The van der Waals surface area contributed by atoms with Crippen LogP contribution < -0.4 is 15.4 Å². The van der Waals surface area contributed by atoms with Gasteiger partial charge in [0.15, 0.2) is 6.10 Å². The maximum Gasteiger partial charge on any atom is 0.375 e. The molecule has 1 saturated carbocycles. The van der Waals surface area contributed by atoms with Crippen LogP contribution in [0.5, 0.6) is 5.75 Å². The molecule has 1 aromatic heterocycles. The Balaban J connectivity index is 1.59. The Kier molecular flexibility index (Phi) is 6.41. The molecule has 29 heavy (non-hydrogen) atoms. The van der Waals surface area contributed by atoms with Gasteiger partial charge < -0.3 is 19.2 Å². The number of nitrogens with one attached hydrogen (secondary N) is 2. The first-order valence-corrected chi connectivity index (χ1v) is 9.78. The van der Waals surface area contributed by atoms with Crippen molar-refractivity contribution in [1.29, 1.82) is 0 Å². The van der Waals surface area contributed by atoms with E-state index in [-0.39, 0.29) is 11.8 Å². The number of esters is 1. The van der Waals surface area contributed by atoms with Crippen LogP contribution in [0.15, 0.2) is 22.6 Å². The van der Waals surface area contributed by atoms with E-state index < -0.39 is 24.0 Å². The molecule has 0 radical (unpaired) electrons. The van der Waals surface area contributed by atoms with E-state index in [1.165, 1.54) is 13.3 Å². The molecule has 156 valence electrons. The third-order valence-electron chi connectivity index (χ3n) is 5.16. The van der Waals surface area contributed by atoms with Crippen LogP contribution in [0.1, 0.15) is 55.1 Å². The summed E-state index contributed by atoms with van der Waals surface area (Å²) in [6, 6.07) is 4.68. The highest BCUT2D eigenvalue weighted by Crippen LogP contribution is 2.29. The number of carbonyl (C=O) groups is 3. The zero-order valence-corrected chi connectivity index (χ0v) is 16.9. The Labute approximate surface area is 168 Å². The first-order chi connectivity index (χ1) is 13.9. The maximum atomic E-state index is 12.5. The molecular formula is C21H26N2O6. The molecule has 1 heterocycles. The Morgan fingerprint density at radius 2 is 1.90 bits per heavy atom. The van der Waals surface area contributed by atoms with Crippen LogP contribution in [0.2, 0.25) is 0 Å². The highest BCUT2D eigenvalue weighted by molar-refractivity contribution is 6.00. The summed E-state index contributed by atoms with van der Waals surface area (Å²) in [5, 5.41) is 5.73. The molecule has 0 spiro atoms. The number of amides is 3. The van der Waals surface area contributed by atoms with Gasteiger partial charge in [-0.1, -0.05) is 19.3 Å². The number of methoxy groups -OCH3 is 1. The highest BCUT2D eigenvalue weighted by Gasteiger charge is 2.26. The molecule has 2 N–H and O–H groups in total. The van der Waals surface area contributed by atoms with Crippen LogP contribution in [0.25, 0.3) is 11.0 Å². The van der Waals surface area contributed by atoms with Crippen LogP contribution in [0.3, 0.4) is 0 Å². The second kappa shape index (κ2) is 8.98. The van der Waals surface area contributed by atoms with E-state index in [0.717, 1.165) is 31.1 Å². The number of urea groups is 1. The molecule has 1 atom stereocenters. The summed E-state index contributed by atoms with van der Waals surface area (Å²) in [7, 11) is 1.55. The van der Waals surface area contributed by atoms with E-state index in [1.54, 1.807) is 32.2 Å². The molecule has 0 bridgehead atoms. The lowest BCUT2D eigenvalue weighted by Crippen LogP contribution is -2.48. The number of hydrogen-bond acceptors (Lipinski definition) is 6. The molecule has 0 aliphatic heterocycles. The van der Waals surface area contributed by atoms with Crippen LogP contribution >= 0.6 is 0 Å². The number of furan rings is 1. The van der Waals surface area contributed by atoms with E-state index in [2.05, 4.69) is 10.6 Å². The van der Waals surface area contributed by atoms with E-state index >= 15 is 0 Å². The van der Waals surface area contributed by atoms with Crippen molar-refractivity contribution >= 4 is 28.9 Å². The average Bonchev–Trinajstić information content (AvgIpc) is 3.04. The molecule has 1 aromatic carbocycles. The lowest BCUT2D eigenvalue weighted by molar-refractivity contribution is -0.128. The van der Waals surface area contributed by atoms with Crippen molar-refractivity contribution < 1.29 is 28.3 Å². The number of ether oxygens (including phenoxy) is 2. The normalized spacial score (nSPS) is 15.6. The van der Waals surface area contributed by atoms with Gasteiger partial charge in [0.1, 0.15) is 11.3 Å². The third-order valence-corrected chi connectivity index (χ3v) is 5.16. The molecule has 8 nitrogen and oxygen atoms in total. The van der Waals surface area contributed by atoms with E-state index in [1.807, 2.05) is 0 Å². The van der Waals surface area contributed by atoms with Crippen molar-refractivity contribution in [3.05, 3.63) is 29.5 Å². The van der Waals surface area contributed by atoms with Gasteiger partial charge >= 0.3 is 12.0 Å². The molecule has 8 heteroatoms. The predicted octanol–water partition coefficient (Wildman–Crippen LogP) is 3.45. The fourth-order valence-corrected chi connectivity index (χ4v) is 3.47. The smallest absolute Gasteiger partial charge is 0.375 e. The minimum atomic E-state index is -1.15. The standard InChI is InChI=1S/C21H26N2O6/c1-12-16-11-15(27-3)9-10-17(16)29-18(12)20(25)28-13(2)19(24)23-21(26)22-14-7-5-4-6-8-14/h9-11,13-14H,4-8H2,1-3H3,(H2,22,23,24,26)/t13-/m0/s1. The second-order valence-electron chi connectivity index (χ2n) is 7.26. The van der Waals surface area contributed by atoms with Crippen LogP contribution in [0.4, 0.5) is 4.79 Å². The first-order valence-electron chi connectivity index (χ1n) is 9.78. The number of carbonyl (C=O) groups excluding carboxylic acids is 3. The predicted molar refractivity (Wildman–Crippen MR) is 106 cm³/mol. The number of rotatable bonds is 5. The van der Waals surface area contributed by atoms with Gasteiger partial charge in [-0.05, 0) is 44.9 Å². The summed E-state index contributed by atoms with van der Waals surface area (Å²) in [5.41, 5.74) is 1.10. The van der Waals surface area contributed by atoms with Crippen LogP contribution in [0, 0.1) is 6.92 Å². The summed E-state index contributed by atoms with van der Waals surface area (Å²) < 4.78 is 16.0. The molecule has 1 aliphatic rings. The van der Waals surface area contributed by atoms with Crippen LogP contribution in [-0.4, -0.2) is 37.2 Å². The zero-order valence-electron chi connectivity index (χ0n) is 16.9. The summed E-state index contributed by atoms with van der Waals surface area (Å²) in [5.74, 6) is -0.812. The molecule has 0 unspecified atom stereocenters. The lowest BCUT2D eigenvalue weighted by Gasteiger charge is -2.23. The monoisotopic (exact) mass is 402 g/mol. The quantitative estimate of drug-likeness (QED) is 0.742. The number of imide groups is 1. The van der Waals surface area contributed by atoms with Gasteiger partial charge in [0.2, 0.25) is 5.76 Å². The van der Waals surface area contributed by atoms with Crippen molar-refractivity contribution in [3.63, 3.8) is 0 Å². The molecule has 1 aliphatic carbocycles.